The topological polar surface area (TPSA) is 96.5 Å². The van der Waals surface area contributed by atoms with Gasteiger partial charge in [-0.1, -0.05) is 0 Å². The first-order valence-corrected chi connectivity index (χ1v) is 5.32. The van der Waals surface area contributed by atoms with Gasteiger partial charge in [-0.3, -0.25) is 4.79 Å². The number of Topliss-reactive ketones (excluding diaryl/α,β-unsaturated/α-hetero) is 1. The molecule has 0 saturated carbocycles. The Bertz CT molecular complexity index is 581. The van der Waals surface area contributed by atoms with Crippen LogP contribution in [-0.2, 0) is 11.2 Å². The summed E-state index contributed by atoms with van der Waals surface area (Å²) in [6.07, 6.45) is -0.116. The average molecular weight is 248 g/mol. The minimum absolute atomic E-state index is 0.0227. The lowest BCUT2D eigenvalue weighted by atomic mass is 10.1. The summed E-state index contributed by atoms with van der Waals surface area (Å²) in [5.74, 6) is 0.0487. The molecule has 0 saturated heterocycles. The summed E-state index contributed by atoms with van der Waals surface area (Å²) in [4.78, 5) is 18.6. The van der Waals surface area contributed by atoms with Crippen molar-refractivity contribution < 1.29 is 19.4 Å². The monoisotopic (exact) mass is 248 g/mol. The standard InChI is InChI=1S/C12H12N2O4/c1-6(15)5-8-11(16)13-10(14-12(8)17)9-4-3-7(2)18-9/h3-4H,5H2,1-2H3,(H2,13,14,16,17). The third kappa shape index (κ3) is 2.32. The summed E-state index contributed by atoms with van der Waals surface area (Å²) in [7, 11) is 0. The Balaban J connectivity index is 2.45. The van der Waals surface area contributed by atoms with Crippen LogP contribution in [0.25, 0.3) is 11.6 Å². The number of carbonyl (C=O) groups is 1. The quantitative estimate of drug-likeness (QED) is 0.856. The van der Waals surface area contributed by atoms with Crippen LogP contribution in [0.4, 0.5) is 0 Å². The van der Waals surface area contributed by atoms with E-state index in [0.717, 1.165) is 0 Å². The second kappa shape index (κ2) is 4.48. The molecule has 18 heavy (non-hydrogen) atoms. The largest absolute Gasteiger partial charge is 0.493 e. The second-order valence-electron chi connectivity index (χ2n) is 3.96. The molecule has 6 nitrogen and oxygen atoms in total. The molecule has 0 spiro atoms. The molecule has 0 bridgehead atoms. The van der Waals surface area contributed by atoms with Crippen molar-refractivity contribution >= 4 is 5.78 Å². The summed E-state index contributed by atoms with van der Waals surface area (Å²) in [5, 5.41) is 19.4. The van der Waals surface area contributed by atoms with Crippen LogP contribution in [0, 0.1) is 6.92 Å². The Morgan fingerprint density at radius 1 is 1.28 bits per heavy atom. The van der Waals surface area contributed by atoms with Crippen molar-refractivity contribution in [3.63, 3.8) is 0 Å². The van der Waals surface area contributed by atoms with E-state index in [1.54, 1.807) is 19.1 Å². The number of aromatic nitrogens is 2. The summed E-state index contributed by atoms with van der Waals surface area (Å²) >= 11 is 0. The maximum absolute atomic E-state index is 11.0. The molecule has 6 heteroatoms. The van der Waals surface area contributed by atoms with E-state index in [1.165, 1.54) is 6.92 Å². The number of hydrogen-bond acceptors (Lipinski definition) is 6. The smallest absolute Gasteiger partial charge is 0.222 e. The maximum Gasteiger partial charge on any atom is 0.222 e. The van der Waals surface area contributed by atoms with E-state index in [1.807, 2.05) is 0 Å². The fraction of sp³-hybridized carbons (Fsp3) is 0.250. The van der Waals surface area contributed by atoms with Gasteiger partial charge in [0.1, 0.15) is 11.5 Å². The molecule has 0 aromatic carbocycles. The zero-order valence-electron chi connectivity index (χ0n) is 9.97. The highest BCUT2D eigenvalue weighted by Gasteiger charge is 2.17. The van der Waals surface area contributed by atoms with Gasteiger partial charge >= 0.3 is 0 Å². The lowest BCUT2D eigenvalue weighted by Crippen LogP contribution is -2.01. The molecular weight excluding hydrogens is 236 g/mol. The third-order valence-electron chi connectivity index (χ3n) is 2.35. The molecule has 2 heterocycles. The highest BCUT2D eigenvalue weighted by atomic mass is 16.3. The average Bonchev–Trinajstić information content (AvgIpc) is 2.70. The molecule has 0 radical (unpaired) electrons. The zero-order chi connectivity index (χ0) is 13.3. The first-order chi connectivity index (χ1) is 8.47. The number of rotatable bonds is 3. The zero-order valence-corrected chi connectivity index (χ0v) is 9.97. The van der Waals surface area contributed by atoms with Crippen LogP contribution >= 0.6 is 0 Å². The van der Waals surface area contributed by atoms with Gasteiger partial charge in [0.25, 0.3) is 0 Å². The number of aryl methyl sites for hydroxylation is 1. The maximum atomic E-state index is 11.0. The van der Waals surface area contributed by atoms with Gasteiger partial charge in [0, 0.05) is 6.42 Å². The van der Waals surface area contributed by atoms with Gasteiger partial charge < -0.3 is 14.6 Å². The van der Waals surface area contributed by atoms with E-state index in [-0.39, 0.29) is 23.6 Å². The van der Waals surface area contributed by atoms with Crippen molar-refractivity contribution in [3.8, 4) is 23.3 Å². The van der Waals surface area contributed by atoms with Crippen molar-refractivity contribution in [1.82, 2.24) is 9.97 Å². The first kappa shape index (κ1) is 12.1. The van der Waals surface area contributed by atoms with Crippen molar-refractivity contribution in [1.29, 1.82) is 0 Å². The number of ketones is 1. The Kier molecular flexibility index (Phi) is 3.01. The van der Waals surface area contributed by atoms with Crippen molar-refractivity contribution in [3.05, 3.63) is 23.5 Å². The Morgan fingerprint density at radius 2 is 1.89 bits per heavy atom. The van der Waals surface area contributed by atoms with Crippen LogP contribution in [0.15, 0.2) is 16.5 Å². The van der Waals surface area contributed by atoms with Gasteiger partial charge in [-0.05, 0) is 26.0 Å². The van der Waals surface area contributed by atoms with E-state index in [0.29, 0.717) is 11.5 Å². The van der Waals surface area contributed by atoms with Gasteiger partial charge in [0.15, 0.2) is 5.76 Å². The SMILES string of the molecule is CC(=O)Cc1c(O)nc(-c2ccc(C)o2)nc1O. The molecule has 94 valence electrons. The second-order valence-corrected chi connectivity index (χ2v) is 3.96. The molecule has 0 unspecified atom stereocenters. The molecule has 0 amide bonds. The summed E-state index contributed by atoms with van der Waals surface area (Å²) in [5.41, 5.74) is 0.0227. The summed E-state index contributed by atoms with van der Waals surface area (Å²) < 4.78 is 5.29. The lowest BCUT2D eigenvalue weighted by Gasteiger charge is -2.05. The van der Waals surface area contributed by atoms with Gasteiger partial charge in [0.05, 0.1) is 5.56 Å². The molecule has 0 atom stereocenters. The lowest BCUT2D eigenvalue weighted by molar-refractivity contribution is -0.116. The predicted molar refractivity (Wildman–Crippen MR) is 62.2 cm³/mol. The van der Waals surface area contributed by atoms with Gasteiger partial charge in [-0.2, -0.15) is 9.97 Å². The molecule has 0 fully saturated rings. The molecule has 0 aliphatic rings. The molecule has 0 aliphatic carbocycles. The van der Waals surface area contributed by atoms with Crippen molar-refractivity contribution in [2.45, 2.75) is 20.3 Å². The highest BCUT2D eigenvalue weighted by Crippen LogP contribution is 2.28. The first-order valence-electron chi connectivity index (χ1n) is 5.32. The van der Waals surface area contributed by atoms with Crippen LogP contribution in [0.3, 0.4) is 0 Å². The van der Waals surface area contributed by atoms with Crippen LogP contribution in [0.2, 0.25) is 0 Å². The van der Waals surface area contributed by atoms with E-state index in [9.17, 15) is 15.0 Å². The van der Waals surface area contributed by atoms with E-state index >= 15 is 0 Å². The summed E-state index contributed by atoms with van der Waals surface area (Å²) in [6.45, 7) is 3.11. The minimum Gasteiger partial charge on any atom is -0.493 e. The molecule has 0 aliphatic heterocycles. The Hall–Kier alpha value is -2.37. The molecule has 2 aromatic heterocycles. The Morgan fingerprint density at radius 3 is 2.33 bits per heavy atom. The Labute approximate surface area is 103 Å². The fourth-order valence-corrected chi connectivity index (χ4v) is 1.53. The van der Waals surface area contributed by atoms with Crippen molar-refractivity contribution in [2.75, 3.05) is 0 Å². The van der Waals surface area contributed by atoms with E-state index in [4.69, 9.17) is 4.42 Å². The fourth-order valence-electron chi connectivity index (χ4n) is 1.53. The molecular formula is C12H12N2O4. The minimum atomic E-state index is -0.415. The van der Waals surface area contributed by atoms with Gasteiger partial charge in [0.2, 0.25) is 17.6 Å². The highest BCUT2D eigenvalue weighted by molar-refractivity contribution is 5.79. The van der Waals surface area contributed by atoms with Gasteiger partial charge in [-0.25, -0.2) is 0 Å². The van der Waals surface area contributed by atoms with E-state index < -0.39 is 11.8 Å². The number of carbonyl (C=O) groups excluding carboxylic acids is 1. The van der Waals surface area contributed by atoms with Crippen LogP contribution in [0.1, 0.15) is 18.2 Å². The third-order valence-corrected chi connectivity index (χ3v) is 2.35. The van der Waals surface area contributed by atoms with Crippen LogP contribution in [-0.4, -0.2) is 26.0 Å². The van der Waals surface area contributed by atoms with E-state index in [2.05, 4.69) is 9.97 Å². The normalized spacial score (nSPS) is 10.6. The van der Waals surface area contributed by atoms with Gasteiger partial charge in [-0.15, -0.1) is 0 Å². The molecule has 2 rings (SSSR count). The number of furan rings is 1. The number of hydrogen-bond donors (Lipinski definition) is 2. The summed E-state index contributed by atoms with van der Waals surface area (Å²) in [6, 6.07) is 3.35. The predicted octanol–water partition coefficient (Wildman–Crippen LogP) is 1.59. The number of nitrogens with zero attached hydrogens (tertiary/aromatic N) is 2. The van der Waals surface area contributed by atoms with Crippen molar-refractivity contribution in [2.24, 2.45) is 0 Å². The number of aromatic hydroxyl groups is 2. The van der Waals surface area contributed by atoms with Crippen LogP contribution < -0.4 is 0 Å². The molecule has 2 N–H and O–H groups in total. The molecule has 2 aromatic rings. The van der Waals surface area contributed by atoms with Crippen LogP contribution in [0.5, 0.6) is 11.8 Å².